The molecule has 366 valence electrons. The maximum Gasteiger partial charge on any atom is 0.410 e. The molecule has 3 aliphatic rings. The smallest absolute Gasteiger partial charge is 0.410 e. The van der Waals surface area contributed by atoms with Crippen LogP contribution in [0.1, 0.15) is 117 Å². The van der Waals surface area contributed by atoms with Crippen LogP contribution >= 0.6 is 0 Å². The van der Waals surface area contributed by atoms with Crippen LogP contribution in [0.25, 0.3) is 0 Å². The van der Waals surface area contributed by atoms with Gasteiger partial charge in [0.15, 0.2) is 23.0 Å². The van der Waals surface area contributed by atoms with Crippen molar-refractivity contribution in [3.8, 4) is 28.7 Å². The number of ether oxygens (including phenoxy) is 8. The lowest BCUT2D eigenvalue weighted by molar-refractivity contribution is -0.141. The Labute approximate surface area is 387 Å². The Kier molecular flexibility index (Phi) is 16.6. The lowest BCUT2D eigenvalue weighted by Crippen LogP contribution is -2.46. The summed E-state index contributed by atoms with van der Waals surface area (Å²) in [6.45, 7) is 17.9. The standard InChI is InChI=1S/C47H69N5O14/c1-45(2,3)64-42(56)49-17-15-21-52(44(58)66-47(7,8)9)19-13-12-18-51(43(57)65-46(4,5)6)20-14-16-48-41(55)50-38-30-25-33-32(62-27-63-33)24-29(30)36(37-31(38)26-61-40(37)54)28-22-34(59-10)39(53)35(23-28)60-11/h22-25,31,36-38,53H,12-21,26-27H2,1-11H3,(H,49,56)(H2,48,50,55)/t31-,36?,37-,38+/m0/s1. The van der Waals surface area contributed by atoms with Gasteiger partial charge in [-0.05, 0) is 129 Å². The number of esters is 1. The number of unbranched alkanes of at least 4 members (excludes halogenated alkanes) is 1. The van der Waals surface area contributed by atoms with Crippen LogP contribution in [0.3, 0.4) is 0 Å². The molecule has 5 rings (SSSR count). The molecule has 1 aliphatic carbocycles. The van der Waals surface area contributed by atoms with Crippen LogP contribution in [0.2, 0.25) is 0 Å². The number of aromatic hydroxyl groups is 1. The summed E-state index contributed by atoms with van der Waals surface area (Å²) < 4.78 is 44.7. The number of hydrogen-bond acceptors (Lipinski definition) is 14. The van der Waals surface area contributed by atoms with Crippen molar-refractivity contribution in [1.82, 2.24) is 25.8 Å². The van der Waals surface area contributed by atoms with E-state index < -0.39 is 70.9 Å². The molecule has 1 unspecified atom stereocenters. The maximum absolute atomic E-state index is 13.7. The van der Waals surface area contributed by atoms with Crippen molar-refractivity contribution in [2.75, 3.05) is 66.9 Å². The molecule has 4 atom stereocenters. The van der Waals surface area contributed by atoms with Gasteiger partial charge in [-0.25, -0.2) is 19.2 Å². The van der Waals surface area contributed by atoms with Gasteiger partial charge in [0.2, 0.25) is 12.5 Å². The monoisotopic (exact) mass is 927 g/mol. The predicted molar refractivity (Wildman–Crippen MR) is 241 cm³/mol. The lowest BCUT2D eigenvalue weighted by Gasteiger charge is -2.39. The number of urea groups is 1. The van der Waals surface area contributed by atoms with Gasteiger partial charge in [-0.1, -0.05) is 0 Å². The summed E-state index contributed by atoms with van der Waals surface area (Å²) >= 11 is 0. The number of phenolic OH excluding ortho intramolecular Hbond substituents is 1. The van der Waals surface area contributed by atoms with Gasteiger partial charge in [-0.3, -0.25) is 4.79 Å². The van der Waals surface area contributed by atoms with Crippen LogP contribution in [0.15, 0.2) is 24.3 Å². The molecule has 2 aromatic rings. The number of amides is 5. The van der Waals surface area contributed by atoms with Crippen molar-refractivity contribution in [3.63, 3.8) is 0 Å². The third kappa shape index (κ3) is 13.8. The molecule has 1 saturated heterocycles. The molecule has 2 aromatic carbocycles. The molecule has 0 aromatic heterocycles. The first kappa shape index (κ1) is 51.0. The third-order valence-electron chi connectivity index (χ3n) is 10.9. The molecule has 19 nitrogen and oxygen atoms in total. The Hall–Kier alpha value is -6.01. The Balaban J connectivity index is 1.22. The number of benzene rings is 2. The highest BCUT2D eigenvalue weighted by Gasteiger charge is 2.53. The van der Waals surface area contributed by atoms with E-state index in [4.69, 9.17) is 37.9 Å². The molecular weight excluding hydrogens is 859 g/mol. The zero-order chi connectivity index (χ0) is 48.6. The third-order valence-corrected chi connectivity index (χ3v) is 10.9. The highest BCUT2D eigenvalue weighted by molar-refractivity contribution is 5.80. The minimum Gasteiger partial charge on any atom is -0.502 e. The zero-order valence-electron chi connectivity index (χ0n) is 40.3. The number of fused-ring (bicyclic) bond motifs is 3. The molecular formula is C47H69N5O14. The predicted octanol–water partition coefficient (Wildman–Crippen LogP) is 6.97. The van der Waals surface area contributed by atoms with E-state index in [2.05, 4.69) is 16.0 Å². The molecule has 0 saturated carbocycles. The molecule has 2 aliphatic heterocycles. The maximum atomic E-state index is 13.7. The number of carbonyl (C=O) groups excluding carboxylic acids is 5. The van der Waals surface area contributed by atoms with E-state index in [1.54, 1.807) is 84.2 Å². The van der Waals surface area contributed by atoms with Gasteiger partial charge >= 0.3 is 30.3 Å². The van der Waals surface area contributed by atoms with Gasteiger partial charge in [0.05, 0.1) is 32.8 Å². The second kappa shape index (κ2) is 21.5. The van der Waals surface area contributed by atoms with E-state index in [0.717, 1.165) is 0 Å². The molecule has 4 N–H and O–H groups in total. The first-order valence-electron chi connectivity index (χ1n) is 22.5. The molecule has 0 bridgehead atoms. The second-order valence-corrected chi connectivity index (χ2v) is 19.6. The van der Waals surface area contributed by atoms with E-state index in [1.165, 1.54) is 14.2 Å². The number of hydrogen-bond donors (Lipinski definition) is 4. The highest BCUT2D eigenvalue weighted by atomic mass is 16.7. The SMILES string of the molecule is COc1cc(C2c3cc4c(cc3[C@@H](NC(=O)NCCCN(CCCCN(CCCNC(=O)OC(C)(C)C)C(=O)OC(C)(C)C)C(=O)OC(C)(C)C)[C@H]3COC(=O)[C@H]23)OCO4)cc(OC)c1O. The Morgan fingerprint density at radius 1 is 0.682 bits per heavy atom. The summed E-state index contributed by atoms with van der Waals surface area (Å²) in [7, 11) is 2.85. The summed E-state index contributed by atoms with van der Waals surface area (Å²) in [5.74, 6) is -1.06. The largest absolute Gasteiger partial charge is 0.502 e. The van der Waals surface area contributed by atoms with Gasteiger partial charge < -0.3 is 68.8 Å². The Morgan fingerprint density at radius 2 is 1.17 bits per heavy atom. The van der Waals surface area contributed by atoms with Crippen LogP contribution in [0.5, 0.6) is 28.7 Å². The van der Waals surface area contributed by atoms with Crippen LogP contribution < -0.4 is 34.9 Å². The number of nitrogens with one attached hydrogen (secondary N) is 3. The molecule has 19 heteroatoms. The molecule has 2 heterocycles. The number of nitrogens with zero attached hydrogens (tertiary/aromatic N) is 2. The van der Waals surface area contributed by atoms with Crippen molar-refractivity contribution in [3.05, 3.63) is 41.0 Å². The van der Waals surface area contributed by atoms with Crippen LogP contribution in [-0.4, -0.2) is 129 Å². The number of cyclic esters (lactones) is 1. The van der Waals surface area contributed by atoms with Crippen molar-refractivity contribution in [1.29, 1.82) is 0 Å². The normalized spacial score (nSPS) is 18.5. The van der Waals surface area contributed by atoms with Gasteiger partial charge in [0.25, 0.3) is 0 Å². The molecule has 0 radical (unpaired) electrons. The summed E-state index contributed by atoms with van der Waals surface area (Å²) in [6.07, 6.45) is 0.436. The summed E-state index contributed by atoms with van der Waals surface area (Å²) in [5.41, 5.74) is -0.0280. The van der Waals surface area contributed by atoms with E-state index in [-0.39, 0.29) is 43.7 Å². The zero-order valence-corrected chi connectivity index (χ0v) is 40.3. The number of alkyl carbamates (subject to hydrolysis) is 1. The van der Waals surface area contributed by atoms with Crippen molar-refractivity contribution in [2.45, 2.75) is 117 Å². The number of phenols is 1. The minimum atomic E-state index is -0.746. The van der Waals surface area contributed by atoms with Crippen LogP contribution in [0, 0.1) is 11.8 Å². The molecule has 5 amide bonds. The molecule has 1 fully saturated rings. The first-order chi connectivity index (χ1) is 31.0. The molecule has 0 spiro atoms. The van der Waals surface area contributed by atoms with Gasteiger partial charge in [0.1, 0.15) is 16.8 Å². The minimum absolute atomic E-state index is 0.0126. The van der Waals surface area contributed by atoms with Crippen LogP contribution in [0.4, 0.5) is 19.2 Å². The number of carbonyl (C=O) groups is 5. The van der Waals surface area contributed by atoms with Crippen molar-refractivity contribution >= 4 is 30.3 Å². The first-order valence-corrected chi connectivity index (χ1v) is 22.5. The second-order valence-electron chi connectivity index (χ2n) is 19.6. The van der Waals surface area contributed by atoms with Gasteiger partial charge in [-0.2, -0.15) is 0 Å². The Morgan fingerprint density at radius 3 is 1.67 bits per heavy atom. The van der Waals surface area contributed by atoms with Gasteiger partial charge in [-0.15, -0.1) is 0 Å². The lowest BCUT2D eigenvalue weighted by atomic mass is 9.65. The van der Waals surface area contributed by atoms with Crippen LogP contribution in [-0.2, 0) is 23.7 Å². The van der Waals surface area contributed by atoms with E-state index in [0.29, 0.717) is 80.1 Å². The van der Waals surface area contributed by atoms with E-state index in [9.17, 15) is 29.1 Å². The fraction of sp³-hybridized carbons (Fsp3) is 0.638. The fourth-order valence-electron chi connectivity index (χ4n) is 8.13. The highest BCUT2D eigenvalue weighted by Crippen LogP contribution is 2.55. The average Bonchev–Trinajstić information content (AvgIpc) is 3.84. The van der Waals surface area contributed by atoms with E-state index >= 15 is 0 Å². The average molecular weight is 928 g/mol. The van der Waals surface area contributed by atoms with Crippen molar-refractivity contribution < 1.29 is 67.0 Å². The van der Waals surface area contributed by atoms with E-state index in [1.807, 2.05) is 12.1 Å². The summed E-state index contributed by atoms with van der Waals surface area (Å²) in [6, 6.07) is 5.81. The molecule has 66 heavy (non-hydrogen) atoms. The summed E-state index contributed by atoms with van der Waals surface area (Å²) in [4.78, 5) is 69.1. The number of methoxy groups -OCH3 is 2. The number of rotatable bonds is 17. The van der Waals surface area contributed by atoms with Crippen molar-refractivity contribution in [2.24, 2.45) is 11.8 Å². The Bertz CT molecular complexity index is 2030. The topological polar surface area (TPSA) is 222 Å². The fourth-order valence-corrected chi connectivity index (χ4v) is 8.13. The summed E-state index contributed by atoms with van der Waals surface area (Å²) in [5, 5.41) is 19.4. The van der Waals surface area contributed by atoms with Gasteiger partial charge in [0, 0.05) is 51.1 Å². The quantitative estimate of drug-likeness (QED) is 0.0715.